The molecule has 236 valence electrons. The summed E-state index contributed by atoms with van der Waals surface area (Å²) in [5.41, 5.74) is 13.4. The van der Waals surface area contributed by atoms with Crippen molar-refractivity contribution in [2.75, 3.05) is 10.6 Å². The van der Waals surface area contributed by atoms with Gasteiger partial charge >= 0.3 is 0 Å². The van der Waals surface area contributed by atoms with E-state index < -0.39 is 0 Å². The van der Waals surface area contributed by atoms with Gasteiger partial charge in [-0.25, -0.2) is 9.98 Å². The summed E-state index contributed by atoms with van der Waals surface area (Å²) in [6.07, 6.45) is 0. The fraction of sp³-hybridized carbons (Fsp3) is 0.0682. The second kappa shape index (κ2) is 10.5. The molecule has 6 nitrogen and oxygen atoms in total. The van der Waals surface area contributed by atoms with Crippen molar-refractivity contribution in [2.24, 2.45) is 9.98 Å². The molecule has 0 fully saturated rings. The number of benzene rings is 7. The molecule has 1 unspecified atom stereocenters. The fourth-order valence-electron chi connectivity index (χ4n) is 8.10. The molecule has 9 aromatic rings. The van der Waals surface area contributed by atoms with Crippen LogP contribution in [-0.4, -0.2) is 15.7 Å². The number of aromatic amines is 1. The molecule has 0 saturated carbocycles. The molecule has 1 aliphatic carbocycles. The fourth-order valence-corrected chi connectivity index (χ4v) is 8.10. The minimum Gasteiger partial charge on any atom is -0.380 e. The molecule has 0 bridgehead atoms. The number of nitrogens with one attached hydrogen (secondary N) is 3. The Bertz CT molecular complexity index is 2880. The van der Waals surface area contributed by atoms with Gasteiger partial charge in [-0.1, -0.05) is 97.1 Å². The van der Waals surface area contributed by atoms with Crippen molar-refractivity contribution in [3.63, 3.8) is 0 Å². The summed E-state index contributed by atoms with van der Waals surface area (Å²) in [5, 5.41) is 15.7. The van der Waals surface area contributed by atoms with E-state index in [0.717, 1.165) is 67.5 Å². The summed E-state index contributed by atoms with van der Waals surface area (Å²) in [6, 6.07) is 47.2. The Balaban J connectivity index is 0.858. The Kier molecular flexibility index (Phi) is 5.75. The maximum Gasteiger partial charge on any atom is 0.0957 e. The first-order chi connectivity index (χ1) is 24.8. The third-order valence-corrected chi connectivity index (χ3v) is 10.5. The number of H-pyrrole nitrogens is 1. The molecule has 0 amide bonds. The molecule has 0 spiro atoms. The first-order valence-electron chi connectivity index (χ1n) is 17.1. The third-order valence-electron chi connectivity index (χ3n) is 10.5. The highest BCUT2D eigenvalue weighted by Crippen LogP contribution is 2.46. The maximum absolute atomic E-state index is 5.10. The lowest BCUT2D eigenvalue weighted by Gasteiger charge is -2.23. The topological polar surface area (TPSA) is 77.5 Å². The molecule has 8 aromatic carbocycles. The molecule has 0 saturated heterocycles. The molecule has 50 heavy (non-hydrogen) atoms. The van der Waals surface area contributed by atoms with E-state index >= 15 is 0 Å². The number of fused-ring (bicyclic) bond motifs is 8. The predicted octanol–water partition coefficient (Wildman–Crippen LogP) is 9.93. The van der Waals surface area contributed by atoms with Gasteiger partial charge in [0, 0.05) is 44.7 Å². The van der Waals surface area contributed by atoms with Crippen LogP contribution in [0.2, 0.25) is 0 Å². The van der Waals surface area contributed by atoms with E-state index in [9.17, 15) is 0 Å². The molecule has 2 aliphatic rings. The third kappa shape index (κ3) is 4.05. The van der Waals surface area contributed by atoms with E-state index in [1.54, 1.807) is 0 Å². The van der Waals surface area contributed by atoms with Crippen molar-refractivity contribution in [2.45, 2.75) is 19.1 Å². The van der Waals surface area contributed by atoms with E-state index in [-0.39, 0.29) is 6.04 Å². The minimum atomic E-state index is 0.0782. The molecule has 6 heteroatoms. The van der Waals surface area contributed by atoms with E-state index in [2.05, 4.69) is 131 Å². The lowest BCUT2D eigenvalue weighted by Crippen LogP contribution is -2.20. The van der Waals surface area contributed by atoms with Gasteiger partial charge in [0.05, 0.1) is 57.1 Å². The minimum absolute atomic E-state index is 0.0782. The van der Waals surface area contributed by atoms with E-state index in [1.807, 2.05) is 18.2 Å². The summed E-state index contributed by atoms with van der Waals surface area (Å²) < 4.78 is 0. The molecule has 1 atom stereocenters. The average molecular weight is 643 g/mol. The summed E-state index contributed by atoms with van der Waals surface area (Å²) in [6.45, 7) is 1.35. The van der Waals surface area contributed by atoms with Gasteiger partial charge in [-0.15, -0.1) is 0 Å². The van der Waals surface area contributed by atoms with Crippen LogP contribution in [0.5, 0.6) is 0 Å². The summed E-state index contributed by atoms with van der Waals surface area (Å²) in [7, 11) is 0. The van der Waals surface area contributed by atoms with Gasteiger partial charge in [-0.05, 0) is 58.5 Å². The Morgan fingerprint density at radius 3 is 2.44 bits per heavy atom. The lowest BCUT2D eigenvalue weighted by molar-refractivity contribution is 1.01. The maximum atomic E-state index is 5.10. The lowest BCUT2D eigenvalue weighted by atomic mass is 10.0. The van der Waals surface area contributed by atoms with Crippen LogP contribution in [0.1, 0.15) is 28.3 Å². The number of aromatic nitrogens is 2. The smallest absolute Gasteiger partial charge is 0.0957 e. The Morgan fingerprint density at radius 1 is 0.660 bits per heavy atom. The highest BCUT2D eigenvalue weighted by atomic mass is 15.0. The molecular formula is C44H30N6. The standard InChI is InChI=1S/C44H30N6/c1-3-13-37-35(11-1)47-41-29-9-5-7-27-33(21-19-31(39(27)29)43(41)49-37)45-23-25-15-17-26(18-16-25)24-46-34-22-20-32-40-28(34)8-6-10-30(40)42-44(32)50-38-14-4-2-12-36(38)48-42/h1-22,41,45,47,50H,23-24H2. The quantitative estimate of drug-likeness (QED) is 0.175. The van der Waals surface area contributed by atoms with Crippen LogP contribution in [0, 0.1) is 0 Å². The number of para-hydroxylation sites is 4. The molecule has 1 aromatic heterocycles. The Labute approximate surface area is 287 Å². The number of nitrogens with zero attached hydrogens (tertiary/aromatic N) is 3. The molecule has 1 aliphatic heterocycles. The zero-order valence-corrected chi connectivity index (χ0v) is 27.0. The average Bonchev–Trinajstić information content (AvgIpc) is 3.66. The van der Waals surface area contributed by atoms with Gasteiger partial charge in [-0.2, -0.15) is 0 Å². The van der Waals surface area contributed by atoms with Crippen molar-refractivity contribution in [1.29, 1.82) is 0 Å². The first kappa shape index (κ1) is 27.4. The summed E-state index contributed by atoms with van der Waals surface area (Å²) in [4.78, 5) is 18.9. The zero-order valence-electron chi connectivity index (χ0n) is 27.0. The highest BCUT2D eigenvalue weighted by Gasteiger charge is 2.34. The van der Waals surface area contributed by atoms with Gasteiger partial charge in [0.2, 0.25) is 0 Å². The van der Waals surface area contributed by atoms with E-state index in [0.29, 0.717) is 6.54 Å². The largest absolute Gasteiger partial charge is 0.380 e. The zero-order chi connectivity index (χ0) is 32.8. The number of aliphatic imine (C=N–C) groups is 1. The van der Waals surface area contributed by atoms with Crippen LogP contribution in [0.25, 0.3) is 54.4 Å². The van der Waals surface area contributed by atoms with Crippen molar-refractivity contribution in [1.82, 2.24) is 9.97 Å². The normalized spacial score (nSPS) is 15.2. The number of anilines is 2. The van der Waals surface area contributed by atoms with Crippen LogP contribution in [0.4, 0.5) is 17.1 Å². The van der Waals surface area contributed by atoms with Gasteiger partial charge in [0.25, 0.3) is 0 Å². The SMILES string of the molecule is c1ccc2c(c1)N=C1c3ccc(NCc4ccc(CN=c5ccc6c7[nH]c8ccccc8nc7c7cccc5c76)cc4)c4cccc(c34)C1N2. The van der Waals surface area contributed by atoms with Gasteiger partial charge in [-0.3, -0.25) is 4.99 Å². The van der Waals surface area contributed by atoms with E-state index in [4.69, 9.17) is 15.0 Å². The molecule has 11 rings (SSSR count). The Morgan fingerprint density at radius 2 is 1.48 bits per heavy atom. The Hall–Kier alpha value is -6.53. The summed E-state index contributed by atoms with van der Waals surface area (Å²) >= 11 is 0. The van der Waals surface area contributed by atoms with E-state index in [1.165, 1.54) is 43.8 Å². The van der Waals surface area contributed by atoms with Crippen LogP contribution in [0.15, 0.2) is 143 Å². The molecular weight excluding hydrogens is 613 g/mol. The van der Waals surface area contributed by atoms with Crippen molar-refractivity contribution in [3.8, 4) is 0 Å². The first-order valence-corrected chi connectivity index (χ1v) is 17.1. The van der Waals surface area contributed by atoms with Crippen LogP contribution in [-0.2, 0) is 13.1 Å². The molecule has 0 radical (unpaired) electrons. The molecule has 2 heterocycles. The molecule has 3 N–H and O–H groups in total. The predicted molar refractivity (Wildman–Crippen MR) is 206 cm³/mol. The van der Waals surface area contributed by atoms with Crippen molar-refractivity contribution in [3.05, 3.63) is 161 Å². The van der Waals surface area contributed by atoms with Crippen LogP contribution < -0.4 is 16.0 Å². The van der Waals surface area contributed by atoms with Gasteiger partial charge in [0.1, 0.15) is 0 Å². The van der Waals surface area contributed by atoms with Crippen molar-refractivity contribution >= 4 is 77.2 Å². The van der Waals surface area contributed by atoms with Gasteiger partial charge < -0.3 is 15.6 Å². The second-order valence-corrected chi connectivity index (χ2v) is 13.3. The number of hydrogen-bond acceptors (Lipinski definition) is 5. The second-order valence-electron chi connectivity index (χ2n) is 13.3. The number of hydrogen-bond donors (Lipinski definition) is 3. The monoisotopic (exact) mass is 642 g/mol. The number of rotatable bonds is 5. The van der Waals surface area contributed by atoms with Gasteiger partial charge in [0.15, 0.2) is 0 Å². The highest BCUT2D eigenvalue weighted by molar-refractivity contribution is 6.28. The summed E-state index contributed by atoms with van der Waals surface area (Å²) in [5.74, 6) is 0. The van der Waals surface area contributed by atoms with Crippen LogP contribution in [0.3, 0.4) is 0 Å². The van der Waals surface area contributed by atoms with Crippen LogP contribution >= 0.6 is 0 Å². The van der Waals surface area contributed by atoms with Crippen molar-refractivity contribution < 1.29 is 0 Å².